The van der Waals surface area contributed by atoms with E-state index in [1.54, 1.807) is 0 Å². The zero-order chi connectivity index (χ0) is 15.6. The average molecular weight is 290 g/mol. The van der Waals surface area contributed by atoms with Crippen molar-refractivity contribution in [3.8, 4) is 0 Å². The van der Waals surface area contributed by atoms with Gasteiger partial charge in [0.1, 0.15) is 17.5 Å². The highest BCUT2D eigenvalue weighted by atomic mass is 15.2. The fourth-order valence-electron chi connectivity index (χ4n) is 2.60. The fourth-order valence-corrected chi connectivity index (χ4v) is 2.60. The molecule has 0 saturated heterocycles. The van der Waals surface area contributed by atoms with E-state index in [1.165, 1.54) is 18.4 Å². The third-order valence-electron chi connectivity index (χ3n) is 3.88. The van der Waals surface area contributed by atoms with Gasteiger partial charge in [-0.05, 0) is 46.5 Å². The Balaban J connectivity index is 2.43. The normalized spacial score (nSPS) is 14.9. The minimum absolute atomic E-state index is 0.447. The molecule has 1 saturated carbocycles. The molecular formula is C17H30N4. The van der Waals surface area contributed by atoms with E-state index in [-0.39, 0.29) is 0 Å². The van der Waals surface area contributed by atoms with E-state index in [0.29, 0.717) is 17.9 Å². The Kier molecular flexibility index (Phi) is 5.07. The summed E-state index contributed by atoms with van der Waals surface area (Å²) in [4.78, 5) is 12.1. The van der Waals surface area contributed by atoms with Crippen LogP contribution in [0.1, 0.15) is 64.8 Å². The number of rotatable bonds is 7. The molecule has 0 aliphatic heterocycles. The van der Waals surface area contributed by atoms with Gasteiger partial charge in [0.15, 0.2) is 0 Å². The minimum Gasteiger partial charge on any atom is -0.370 e. The van der Waals surface area contributed by atoms with Crippen LogP contribution in [0.15, 0.2) is 0 Å². The SMILES string of the molecule is CCNc1nc(C2CC2)nc(N(CC(C)C)C(C)C)c1C. The van der Waals surface area contributed by atoms with Crippen molar-refractivity contribution in [1.29, 1.82) is 0 Å². The first-order chi connectivity index (χ1) is 9.93. The van der Waals surface area contributed by atoms with Gasteiger partial charge in [-0.25, -0.2) is 9.97 Å². The zero-order valence-electron chi connectivity index (χ0n) is 14.4. The molecule has 118 valence electrons. The van der Waals surface area contributed by atoms with Gasteiger partial charge in [-0.3, -0.25) is 0 Å². The summed E-state index contributed by atoms with van der Waals surface area (Å²) in [6.07, 6.45) is 2.47. The van der Waals surface area contributed by atoms with Gasteiger partial charge in [-0.1, -0.05) is 13.8 Å². The lowest BCUT2D eigenvalue weighted by molar-refractivity contribution is 0.563. The maximum absolute atomic E-state index is 4.93. The second-order valence-electron chi connectivity index (χ2n) is 6.82. The summed E-state index contributed by atoms with van der Waals surface area (Å²) < 4.78 is 0. The molecule has 21 heavy (non-hydrogen) atoms. The van der Waals surface area contributed by atoms with E-state index >= 15 is 0 Å². The number of anilines is 2. The maximum atomic E-state index is 4.93. The monoisotopic (exact) mass is 290 g/mol. The summed E-state index contributed by atoms with van der Waals surface area (Å²) >= 11 is 0. The van der Waals surface area contributed by atoms with Crippen LogP contribution in [0.25, 0.3) is 0 Å². The summed E-state index contributed by atoms with van der Waals surface area (Å²) in [5.41, 5.74) is 1.18. The number of aromatic nitrogens is 2. The van der Waals surface area contributed by atoms with E-state index in [2.05, 4.69) is 51.8 Å². The van der Waals surface area contributed by atoms with Gasteiger partial charge >= 0.3 is 0 Å². The van der Waals surface area contributed by atoms with Gasteiger partial charge in [0.25, 0.3) is 0 Å². The molecule has 0 radical (unpaired) electrons. The predicted molar refractivity (Wildman–Crippen MR) is 90.2 cm³/mol. The van der Waals surface area contributed by atoms with Crippen LogP contribution >= 0.6 is 0 Å². The van der Waals surface area contributed by atoms with Crippen LogP contribution in [0.4, 0.5) is 11.6 Å². The highest BCUT2D eigenvalue weighted by Crippen LogP contribution is 2.40. The highest BCUT2D eigenvalue weighted by molar-refractivity contribution is 5.59. The van der Waals surface area contributed by atoms with Crippen molar-refractivity contribution < 1.29 is 0 Å². The predicted octanol–water partition coefficient (Wildman–Crippen LogP) is 3.97. The summed E-state index contributed by atoms with van der Waals surface area (Å²) in [5.74, 6) is 4.36. The third kappa shape index (κ3) is 3.86. The minimum atomic E-state index is 0.447. The number of hydrogen-bond donors (Lipinski definition) is 1. The lowest BCUT2D eigenvalue weighted by Crippen LogP contribution is -2.36. The molecule has 1 fully saturated rings. The summed E-state index contributed by atoms with van der Waals surface area (Å²) in [7, 11) is 0. The van der Waals surface area contributed by atoms with Crippen LogP contribution in [0.2, 0.25) is 0 Å². The van der Waals surface area contributed by atoms with Crippen molar-refractivity contribution in [2.45, 2.75) is 66.3 Å². The lowest BCUT2D eigenvalue weighted by Gasteiger charge is -2.31. The Hall–Kier alpha value is -1.32. The van der Waals surface area contributed by atoms with Gasteiger partial charge in [-0.15, -0.1) is 0 Å². The topological polar surface area (TPSA) is 41.1 Å². The average Bonchev–Trinajstić information content (AvgIpc) is 3.23. The van der Waals surface area contributed by atoms with Gasteiger partial charge in [0.05, 0.1) is 0 Å². The standard InChI is InChI=1S/C17H30N4/c1-7-18-15-13(6)17(20-16(19-15)14-8-9-14)21(12(4)5)10-11(2)3/h11-12,14H,7-10H2,1-6H3,(H,18,19,20). The van der Waals surface area contributed by atoms with Gasteiger partial charge in [0, 0.05) is 30.6 Å². The molecule has 0 amide bonds. The molecule has 0 unspecified atom stereocenters. The number of hydrogen-bond acceptors (Lipinski definition) is 4. The lowest BCUT2D eigenvalue weighted by atomic mass is 10.1. The van der Waals surface area contributed by atoms with E-state index < -0.39 is 0 Å². The van der Waals surface area contributed by atoms with Crippen molar-refractivity contribution >= 4 is 11.6 Å². The van der Waals surface area contributed by atoms with Gasteiger partial charge in [-0.2, -0.15) is 0 Å². The molecule has 1 aromatic rings. The fraction of sp³-hybridized carbons (Fsp3) is 0.765. The molecule has 1 aliphatic rings. The molecular weight excluding hydrogens is 260 g/mol. The van der Waals surface area contributed by atoms with Gasteiger partial charge < -0.3 is 10.2 Å². The molecule has 0 spiro atoms. The molecule has 0 bridgehead atoms. The van der Waals surface area contributed by atoms with Crippen LogP contribution in [0.3, 0.4) is 0 Å². The molecule has 1 N–H and O–H groups in total. The molecule has 0 aromatic carbocycles. The van der Waals surface area contributed by atoms with Crippen molar-refractivity contribution in [3.63, 3.8) is 0 Å². The van der Waals surface area contributed by atoms with Crippen molar-refractivity contribution in [2.75, 3.05) is 23.3 Å². The largest absolute Gasteiger partial charge is 0.370 e. The first-order valence-electron chi connectivity index (χ1n) is 8.33. The Bertz CT molecular complexity index is 478. The Morgan fingerprint density at radius 3 is 2.33 bits per heavy atom. The second kappa shape index (κ2) is 6.63. The second-order valence-corrected chi connectivity index (χ2v) is 6.82. The molecule has 0 atom stereocenters. The van der Waals surface area contributed by atoms with Crippen molar-refractivity contribution in [2.24, 2.45) is 5.92 Å². The first-order valence-corrected chi connectivity index (χ1v) is 8.33. The van der Waals surface area contributed by atoms with Crippen LogP contribution in [0.5, 0.6) is 0 Å². The van der Waals surface area contributed by atoms with Crippen molar-refractivity contribution in [3.05, 3.63) is 11.4 Å². The van der Waals surface area contributed by atoms with Crippen LogP contribution < -0.4 is 10.2 Å². The molecule has 1 heterocycles. The Morgan fingerprint density at radius 2 is 1.86 bits per heavy atom. The Labute approximate surface area is 129 Å². The van der Waals surface area contributed by atoms with Crippen LogP contribution in [-0.2, 0) is 0 Å². The van der Waals surface area contributed by atoms with E-state index in [1.807, 2.05) is 0 Å². The quantitative estimate of drug-likeness (QED) is 0.825. The van der Waals surface area contributed by atoms with Gasteiger partial charge in [0.2, 0.25) is 0 Å². The van der Waals surface area contributed by atoms with E-state index in [0.717, 1.165) is 30.5 Å². The first kappa shape index (κ1) is 16.1. The third-order valence-corrected chi connectivity index (χ3v) is 3.88. The smallest absolute Gasteiger partial charge is 0.137 e. The molecule has 1 aliphatic carbocycles. The highest BCUT2D eigenvalue weighted by Gasteiger charge is 2.29. The Morgan fingerprint density at radius 1 is 1.19 bits per heavy atom. The molecule has 4 heteroatoms. The van der Waals surface area contributed by atoms with E-state index in [9.17, 15) is 0 Å². The number of nitrogens with zero attached hydrogens (tertiary/aromatic N) is 3. The molecule has 4 nitrogen and oxygen atoms in total. The number of nitrogens with one attached hydrogen (secondary N) is 1. The van der Waals surface area contributed by atoms with Crippen LogP contribution in [-0.4, -0.2) is 29.1 Å². The maximum Gasteiger partial charge on any atom is 0.137 e. The molecule has 2 rings (SSSR count). The van der Waals surface area contributed by atoms with Crippen LogP contribution in [0, 0.1) is 12.8 Å². The van der Waals surface area contributed by atoms with Crippen molar-refractivity contribution in [1.82, 2.24) is 9.97 Å². The summed E-state index contributed by atoms with van der Waals surface area (Å²) in [6.45, 7) is 15.2. The summed E-state index contributed by atoms with van der Waals surface area (Å²) in [6, 6.07) is 0.447. The van der Waals surface area contributed by atoms with E-state index in [4.69, 9.17) is 9.97 Å². The summed E-state index contributed by atoms with van der Waals surface area (Å²) in [5, 5.41) is 3.41. The zero-order valence-corrected chi connectivity index (χ0v) is 14.4. The molecule has 1 aromatic heterocycles.